The molecule has 0 spiro atoms. The molecule has 0 saturated carbocycles. The second kappa shape index (κ2) is 1.81. The van der Waals surface area contributed by atoms with Gasteiger partial charge in [-0.15, -0.1) is 0 Å². The zero-order chi connectivity index (χ0) is 7.07. The lowest BCUT2D eigenvalue weighted by molar-refractivity contribution is -0.124. The summed E-state index contributed by atoms with van der Waals surface area (Å²) in [4.78, 5) is 11.2. The van der Waals surface area contributed by atoms with E-state index in [2.05, 4.69) is 5.32 Å². The smallest absolute Gasteiger partial charge is 0.156 e. The predicted octanol–water partition coefficient (Wildman–Crippen LogP) is 0.573. The van der Waals surface area contributed by atoms with Crippen molar-refractivity contribution in [3.05, 3.63) is 0 Å². The van der Waals surface area contributed by atoms with Crippen molar-refractivity contribution in [3.63, 3.8) is 0 Å². The van der Waals surface area contributed by atoms with Crippen LogP contribution in [-0.4, -0.2) is 18.4 Å². The van der Waals surface area contributed by atoms with Crippen LogP contribution in [0, 0.1) is 5.41 Å². The lowest BCUT2D eigenvalue weighted by atomic mass is 9.89. The first-order valence-electron chi connectivity index (χ1n) is 3.32. The van der Waals surface area contributed by atoms with E-state index in [0.717, 1.165) is 6.54 Å². The van der Waals surface area contributed by atoms with E-state index in [1.807, 2.05) is 20.8 Å². The van der Waals surface area contributed by atoms with Crippen molar-refractivity contribution in [3.8, 4) is 0 Å². The number of hydrogen-bond donors (Lipinski definition) is 1. The van der Waals surface area contributed by atoms with Gasteiger partial charge >= 0.3 is 0 Å². The molecule has 0 aromatic rings. The molecule has 1 unspecified atom stereocenters. The first-order chi connectivity index (χ1) is 4.04. The molecule has 52 valence electrons. The van der Waals surface area contributed by atoms with Gasteiger partial charge in [-0.05, 0) is 6.92 Å². The maximum atomic E-state index is 11.2. The van der Waals surface area contributed by atoms with Crippen LogP contribution in [0.4, 0.5) is 0 Å². The molecule has 1 heterocycles. The molecule has 1 saturated heterocycles. The zero-order valence-electron chi connectivity index (χ0n) is 6.19. The molecule has 2 nitrogen and oxygen atoms in total. The standard InChI is InChI=1S/C7H13NO/c1-5-6(9)7(2,3)4-8-5/h5,8H,4H2,1-3H3. The molecule has 0 amide bonds. The summed E-state index contributed by atoms with van der Waals surface area (Å²) in [6.45, 7) is 6.70. The molecule has 1 aliphatic heterocycles. The number of nitrogens with one attached hydrogen (secondary N) is 1. The Hall–Kier alpha value is -0.370. The summed E-state index contributed by atoms with van der Waals surface area (Å²) in [6, 6.07) is 0.0694. The van der Waals surface area contributed by atoms with Crippen LogP contribution in [0.15, 0.2) is 0 Å². The minimum Gasteiger partial charge on any atom is -0.307 e. The highest BCUT2D eigenvalue weighted by atomic mass is 16.1. The Kier molecular flexibility index (Phi) is 1.35. The van der Waals surface area contributed by atoms with Crippen LogP contribution in [0.1, 0.15) is 20.8 Å². The number of Topliss-reactive ketones (excluding diaryl/α,β-unsaturated/α-hetero) is 1. The van der Waals surface area contributed by atoms with Crippen molar-refractivity contribution in [2.45, 2.75) is 26.8 Å². The highest BCUT2D eigenvalue weighted by molar-refractivity contribution is 5.90. The summed E-state index contributed by atoms with van der Waals surface area (Å²) in [5.41, 5.74) is -0.126. The Labute approximate surface area is 55.6 Å². The third kappa shape index (κ3) is 0.990. The number of ketones is 1. The summed E-state index contributed by atoms with van der Waals surface area (Å²) < 4.78 is 0. The van der Waals surface area contributed by atoms with Gasteiger partial charge in [0.1, 0.15) is 0 Å². The zero-order valence-corrected chi connectivity index (χ0v) is 6.19. The summed E-state index contributed by atoms with van der Waals surface area (Å²) in [7, 11) is 0. The molecule has 0 radical (unpaired) electrons. The highest BCUT2D eigenvalue weighted by Crippen LogP contribution is 2.22. The fourth-order valence-electron chi connectivity index (χ4n) is 1.17. The molecule has 0 bridgehead atoms. The quantitative estimate of drug-likeness (QED) is 0.515. The monoisotopic (exact) mass is 127 g/mol. The Balaban J connectivity index is 2.74. The van der Waals surface area contributed by atoms with E-state index in [1.165, 1.54) is 0 Å². The molecular weight excluding hydrogens is 114 g/mol. The van der Waals surface area contributed by atoms with Crippen molar-refractivity contribution in [2.24, 2.45) is 5.41 Å². The predicted molar refractivity (Wildman–Crippen MR) is 36.3 cm³/mol. The van der Waals surface area contributed by atoms with Gasteiger partial charge in [0.15, 0.2) is 5.78 Å². The van der Waals surface area contributed by atoms with Crippen molar-refractivity contribution >= 4 is 5.78 Å². The van der Waals surface area contributed by atoms with Gasteiger partial charge in [0.2, 0.25) is 0 Å². The molecule has 0 aromatic carbocycles. The first-order valence-corrected chi connectivity index (χ1v) is 3.32. The summed E-state index contributed by atoms with van der Waals surface area (Å²) in [6.07, 6.45) is 0. The normalized spacial score (nSPS) is 33.2. The lowest BCUT2D eigenvalue weighted by Crippen LogP contribution is -2.25. The summed E-state index contributed by atoms with van der Waals surface area (Å²) >= 11 is 0. The molecule has 1 atom stereocenters. The van der Waals surface area contributed by atoms with Crippen LogP contribution in [0.2, 0.25) is 0 Å². The van der Waals surface area contributed by atoms with Crippen LogP contribution in [0.25, 0.3) is 0 Å². The van der Waals surface area contributed by atoms with Gasteiger partial charge in [-0.3, -0.25) is 4.79 Å². The van der Waals surface area contributed by atoms with E-state index in [9.17, 15) is 4.79 Å². The van der Waals surface area contributed by atoms with E-state index in [1.54, 1.807) is 0 Å². The van der Waals surface area contributed by atoms with Gasteiger partial charge < -0.3 is 5.32 Å². The highest BCUT2D eigenvalue weighted by Gasteiger charge is 2.37. The molecule has 0 aliphatic carbocycles. The van der Waals surface area contributed by atoms with Gasteiger partial charge in [0.05, 0.1) is 6.04 Å². The van der Waals surface area contributed by atoms with Gasteiger partial charge in [0.25, 0.3) is 0 Å². The number of carbonyl (C=O) groups excluding carboxylic acids is 1. The Morgan fingerprint density at radius 3 is 2.33 bits per heavy atom. The van der Waals surface area contributed by atoms with Crippen molar-refractivity contribution < 1.29 is 4.79 Å². The van der Waals surface area contributed by atoms with Gasteiger partial charge in [-0.2, -0.15) is 0 Å². The van der Waals surface area contributed by atoms with Crippen LogP contribution >= 0.6 is 0 Å². The van der Waals surface area contributed by atoms with Crippen LogP contribution in [-0.2, 0) is 4.79 Å². The fourth-order valence-corrected chi connectivity index (χ4v) is 1.17. The summed E-state index contributed by atoms with van der Waals surface area (Å²) in [5, 5.41) is 3.11. The molecule has 1 aliphatic rings. The number of rotatable bonds is 0. The molecule has 2 heteroatoms. The van der Waals surface area contributed by atoms with Gasteiger partial charge in [0, 0.05) is 12.0 Å². The number of carbonyl (C=O) groups is 1. The van der Waals surface area contributed by atoms with E-state index in [-0.39, 0.29) is 11.5 Å². The average Bonchev–Trinajstić information content (AvgIpc) is 1.97. The Bertz CT molecular complexity index is 140. The van der Waals surface area contributed by atoms with Gasteiger partial charge in [-0.25, -0.2) is 0 Å². The van der Waals surface area contributed by atoms with E-state index in [0.29, 0.717) is 5.78 Å². The third-order valence-electron chi connectivity index (χ3n) is 1.91. The van der Waals surface area contributed by atoms with E-state index < -0.39 is 0 Å². The molecule has 1 rings (SSSR count). The summed E-state index contributed by atoms with van der Waals surface area (Å²) in [5.74, 6) is 0.336. The third-order valence-corrected chi connectivity index (χ3v) is 1.91. The maximum absolute atomic E-state index is 11.2. The molecular formula is C7H13NO. The Morgan fingerprint density at radius 1 is 1.67 bits per heavy atom. The number of hydrogen-bond acceptors (Lipinski definition) is 2. The molecule has 9 heavy (non-hydrogen) atoms. The molecule has 0 aromatic heterocycles. The molecule has 1 N–H and O–H groups in total. The van der Waals surface area contributed by atoms with E-state index >= 15 is 0 Å². The van der Waals surface area contributed by atoms with E-state index in [4.69, 9.17) is 0 Å². The minimum atomic E-state index is -0.126. The molecule has 1 fully saturated rings. The Morgan fingerprint density at radius 2 is 2.22 bits per heavy atom. The fraction of sp³-hybridized carbons (Fsp3) is 0.857. The van der Waals surface area contributed by atoms with Crippen LogP contribution in [0.5, 0.6) is 0 Å². The topological polar surface area (TPSA) is 29.1 Å². The van der Waals surface area contributed by atoms with Crippen LogP contribution in [0.3, 0.4) is 0 Å². The largest absolute Gasteiger partial charge is 0.307 e. The van der Waals surface area contributed by atoms with Crippen LogP contribution < -0.4 is 5.32 Å². The minimum absolute atomic E-state index is 0.0694. The van der Waals surface area contributed by atoms with Crippen molar-refractivity contribution in [1.82, 2.24) is 5.32 Å². The van der Waals surface area contributed by atoms with Gasteiger partial charge in [-0.1, -0.05) is 13.8 Å². The average molecular weight is 127 g/mol. The van der Waals surface area contributed by atoms with Crippen molar-refractivity contribution in [2.75, 3.05) is 6.54 Å². The van der Waals surface area contributed by atoms with Crippen molar-refractivity contribution in [1.29, 1.82) is 0 Å². The second-order valence-electron chi connectivity index (χ2n) is 3.35. The lowest BCUT2D eigenvalue weighted by Gasteiger charge is -2.12. The second-order valence-corrected chi connectivity index (χ2v) is 3.35. The first kappa shape index (κ1) is 6.75. The maximum Gasteiger partial charge on any atom is 0.156 e. The SMILES string of the molecule is CC1NCC(C)(C)C1=O.